The van der Waals surface area contributed by atoms with E-state index >= 15 is 0 Å². The molecule has 1 fully saturated rings. The van der Waals surface area contributed by atoms with Crippen LogP contribution in [0.5, 0.6) is 5.75 Å². The van der Waals surface area contributed by atoms with E-state index in [1.165, 1.54) is 6.42 Å². The summed E-state index contributed by atoms with van der Waals surface area (Å²) in [7, 11) is 0. The first-order valence-corrected chi connectivity index (χ1v) is 5.95. The predicted octanol–water partition coefficient (Wildman–Crippen LogP) is 3.54. The first kappa shape index (κ1) is 11.0. The van der Waals surface area contributed by atoms with Gasteiger partial charge in [0.25, 0.3) is 0 Å². The van der Waals surface area contributed by atoms with E-state index in [0.29, 0.717) is 0 Å². The second-order valence-corrected chi connectivity index (χ2v) is 4.53. The van der Waals surface area contributed by atoms with E-state index in [1.807, 2.05) is 18.2 Å². The molecule has 3 heteroatoms. The molecule has 1 atom stereocenters. The molecule has 0 bridgehead atoms. The van der Waals surface area contributed by atoms with E-state index in [0.717, 1.165) is 35.2 Å². The lowest BCUT2D eigenvalue weighted by molar-refractivity contribution is -0.106. The highest BCUT2D eigenvalue weighted by molar-refractivity contribution is 9.10. The fraction of sp³-hybridized carbons (Fsp3) is 0.417. The zero-order valence-electron chi connectivity index (χ0n) is 8.54. The summed E-state index contributed by atoms with van der Waals surface area (Å²) in [4.78, 5) is 0. The van der Waals surface area contributed by atoms with Crippen molar-refractivity contribution < 1.29 is 9.47 Å². The number of ether oxygens (including phenoxy) is 2. The molecule has 0 saturated carbocycles. The molecule has 1 heterocycles. The minimum atomic E-state index is -0.100. The van der Waals surface area contributed by atoms with Crippen molar-refractivity contribution in [2.45, 2.75) is 25.6 Å². The van der Waals surface area contributed by atoms with Crippen molar-refractivity contribution >= 4 is 15.9 Å². The maximum absolute atomic E-state index is 5.76. The van der Waals surface area contributed by atoms with Gasteiger partial charge in [-0.05, 0) is 53.4 Å². The molecule has 1 aliphatic heterocycles. The highest BCUT2D eigenvalue weighted by Gasteiger charge is 2.16. The van der Waals surface area contributed by atoms with Crippen LogP contribution in [0.15, 0.2) is 22.7 Å². The lowest BCUT2D eigenvalue weighted by Gasteiger charge is -2.24. The van der Waals surface area contributed by atoms with Crippen molar-refractivity contribution in [2.24, 2.45) is 0 Å². The van der Waals surface area contributed by atoms with Gasteiger partial charge in [-0.1, -0.05) is 6.07 Å². The van der Waals surface area contributed by atoms with Crippen LogP contribution in [0.1, 0.15) is 24.8 Å². The Morgan fingerprint density at radius 1 is 1.40 bits per heavy atom. The van der Waals surface area contributed by atoms with Gasteiger partial charge in [-0.15, -0.1) is 0 Å². The number of hydrogen-bond donors (Lipinski definition) is 0. The van der Waals surface area contributed by atoms with Crippen LogP contribution in [0.3, 0.4) is 0 Å². The highest BCUT2D eigenvalue weighted by atomic mass is 79.9. The van der Waals surface area contributed by atoms with Crippen LogP contribution < -0.4 is 4.74 Å². The van der Waals surface area contributed by atoms with Crippen LogP contribution in [0.4, 0.5) is 0 Å². The van der Waals surface area contributed by atoms with Crippen molar-refractivity contribution in [3.8, 4) is 5.75 Å². The van der Waals surface area contributed by atoms with Crippen LogP contribution in [0.2, 0.25) is 0 Å². The molecule has 1 aromatic carbocycles. The molecule has 15 heavy (non-hydrogen) atoms. The summed E-state index contributed by atoms with van der Waals surface area (Å²) in [6.45, 7) is 4.67. The summed E-state index contributed by atoms with van der Waals surface area (Å²) >= 11 is 3.45. The summed E-state index contributed by atoms with van der Waals surface area (Å²) in [6.07, 6.45) is 3.17. The molecule has 0 amide bonds. The van der Waals surface area contributed by atoms with Crippen LogP contribution in [-0.4, -0.2) is 12.9 Å². The molecule has 0 aromatic heterocycles. The number of rotatable bonds is 2. The first-order valence-electron chi connectivity index (χ1n) is 5.15. The summed E-state index contributed by atoms with van der Waals surface area (Å²) < 4.78 is 12.2. The Balaban J connectivity index is 2.05. The van der Waals surface area contributed by atoms with E-state index < -0.39 is 0 Å². The molecular formula is C12H14BrO2. The largest absolute Gasteiger partial charge is 0.464 e. The number of hydrogen-bond acceptors (Lipinski definition) is 2. The van der Waals surface area contributed by atoms with E-state index in [-0.39, 0.29) is 6.29 Å². The van der Waals surface area contributed by atoms with E-state index in [4.69, 9.17) is 9.47 Å². The summed E-state index contributed by atoms with van der Waals surface area (Å²) in [5, 5.41) is 0. The SMILES string of the molecule is [CH2]c1ccc(Br)c(OC2CCCCO2)c1. The minimum absolute atomic E-state index is 0.100. The molecule has 1 saturated heterocycles. The Morgan fingerprint density at radius 2 is 2.27 bits per heavy atom. The number of halogens is 1. The third-order valence-electron chi connectivity index (χ3n) is 2.39. The molecule has 1 unspecified atom stereocenters. The molecule has 1 aromatic rings. The van der Waals surface area contributed by atoms with E-state index in [9.17, 15) is 0 Å². The van der Waals surface area contributed by atoms with Gasteiger partial charge in [0.05, 0.1) is 11.1 Å². The van der Waals surface area contributed by atoms with Crippen LogP contribution in [0.25, 0.3) is 0 Å². The second kappa shape index (κ2) is 4.99. The molecule has 1 radical (unpaired) electrons. The van der Waals surface area contributed by atoms with Crippen molar-refractivity contribution in [2.75, 3.05) is 6.61 Å². The number of benzene rings is 1. The quantitative estimate of drug-likeness (QED) is 0.818. The minimum Gasteiger partial charge on any atom is -0.464 e. The zero-order valence-corrected chi connectivity index (χ0v) is 10.1. The smallest absolute Gasteiger partial charge is 0.199 e. The van der Waals surface area contributed by atoms with Crippen LogP contribution >= 0.6 is 15.9 Å². The average molecular weight is 270 g/mol. The fourth-order valence-corrected chi connectivity index (χ4v) is 1.92. The van der Waals surface area contributed by atoms with E-state index in [1.54, 1.807) is 0 Å². The van der Waals surface area contributed by atoms with Crippen LogP contribution in [-0.2, 0) is 4.74 Å². The van der Waals surface area contributed by atoms with Crippen molar-refractivity contribution in [1.82, 2.24) is 0 Å². The van der Waals surface area contributed by atoms with Crippen molar-refractivity contribution in [3.63, 3.8) is 0 Å². The average Bonchev–Trinajstić information content (AvgIpc) is 2.25. The Kier molecular flexibility index (Phi) is 3.65. The fourth-order valence-electron chi connectivity index (χ4n) is 1.58. The van der Waals surface area contributed by atoms with Gasteiger partial charge < -0.3 is 9.47 Å². The molecule has 0 aliphatic carbocycles. The molecular weight excluding hydrogens is 256 g/mol. The van der Waals surface area contributed by atoms with Crippen molar-refractivity contribution in [3.05, 3.63) is 35.2 Å². The Bertz CT molecular complexity index is 332. The Morgan fingerprint density at radius 3 is 3.00 bits per heavy atom. The normalized spacial score (nSPS) is 21.3. The lowest BCUT2D eigenvalue weighted by atomic mass is 10.2. The molecule has 0 spiro atoms. The molecule has 1 aliphatic rings. The zero-order chi connectivity index (χ0) is 10.7. The summed E-state index contributed by atoms with van der Waals surface area (Å²) in [5.41, 5.74) is 0.948. The van der Waals surface area contributed by atoms with Gasteiger partial charge >= 0.3 is 0 Å². The van der Waals surface area contributed by atoms with E-state index in [2.05, 4.69) is 22.9 Å². The molecule has 2 rings (SSSR count). The van der Waals surface area contributed by atoms with Gasteiger partial charge in [-0.2, -0.15) is 0 Å². The van der Waals surface area contributed by atoms with Gasteiger partial charge in [0.15, 0.2) is 6.29 Å². The third-order valence-corrected chi connectivity index (χ3v) is 3.05. The summed E-state index contributed by atoms with van der Waals surface area (Å²) in [5.74, 6) is 0.814. The maximum atomic E-state index is 5.76. The highest BCUT2D eigenvalue weighted by Crippen LogP contribution is 2.28. The topological polar surface area (TPSA) is 18.5 Å². The third kappa shape index (κ3) is 2.95. The maximum Gasteiger partial charge on any atom is 0.199 e. The van der Waals surface area contributed by atoms with Crippen LogP contribution in [0, 0.1) is 6.92 Å². The van der Waals surface area contributed by atoms with Gasteiger partial charge in [0, 0.05) is 6.42 Å². The summed E-state index contributed by atoms with van der Waals surface area (Å²) in [6, 6.07) is 5.81. The molecule has 2 nitrogen and oxygen atoms in total. The van der Waals surface area contributed by atoms with Crippen molar-refractivity contribution in [1.29, 1.82) is 0 Å². The van der Waals surface area contributed by atoms with Gasteiger partial charge in [0.2, 0.25) is 0 Å². The first-order chi connectivity index (χ1) is 7.25. The van der Waals surface area contributed by atoms with Gasteiger partial charge in [0.1, 0.15) is 5.75 Å². The Hall–Kier alpha value is -0.540. The monoisotopic (exact) mass is 269 g/mol. The second-order valence-electron chi connectivity index (χ2n) is 3.68. The Labute approximate surface area is 98.7 Å². The molecule has 0 N–H and O–H groups in total. The van der Waals surface area contributed by atoms with Gasteiger partial charge in [-0.25, -0.2) is 0 Å². The molecule has 81 valence electrons. The standard InChI is InChI=1S/C12H14BrO2/c1-9-5-6-10(13)11(8-9)15-12-4-2-3-7-14-12/h5-6,8,12H,1-4,7H2. The lowest BCUT2D eigenvalue weighted by Crippen LogP contribution is -2.25. The van der Waals surface area contributed by atoms with Gasteiger partial charge in [-0.3, -0.25) is 0 Å². The predicted molar refractivity (Wildman–Crippen MR) is 62.8 cm³/mol.